The number of nitrogens with zero attached hydrogens (tertiary/aromatic N) is 2. The summed E-state index contributed by atoms with van der Waals surface area (Å²) in [6.07, 6.45) is 2.47. The Kier molecular flexibility index (Phi) is 6.15. The van der Waals surface area contributed by atoms with E-state index in [-0.39, 0.29) is 17.1 Å². The number of benzene rings is 2. The zero-order valence-electron chi connectivity index (χ0n) is 18.8. The van der Waals surface area contributed by atoms with E-state index in [0.29, 0.717) is 35.4 Å². The first-order valence-corrected chi connectivity index (χ1v) is 10.8. The second kappa shape index (κ2) is 9.01. The normalized spacial score (nSPS) is 15.4. The summed E-state index contributed by atoms with van der Waals surface area (Å²) in [6.45, 7) is 7.37. The molecule has 0 aliphatic carbocycles. The number of aryl methyl sites for hydroxylation is 1. The molecule has 0 radical (unpaired) electrons. The minimum absolute atomic E-state index is 0.146. The van der Waals surface area contributed by atoms with E-state index in [4.69, 9.17) is 9.15 Å². The number of amides is 1. The number of fused-ring (bicyclic) bond motifs is 2. The van der Waals surface area contributed by atoms with Gasteiger partial charge < -0.3 is 19.0 Å². The molecule has 166 valence electrons. The molecule has 2 heterocycles. The zero-order chi connectivity index (χ0) is 22.8. The van der Waals surface area contributed by atoms with E-state index in [9.17, 15) is 9.59 Å². The number of carbonyl (C=O) groups is 1. The van der Waals surface area contributed by atoms with Crippen molar-refractivity contribution >= 4 is 16.9 Å². The average Bonchev–Trinajstić information content (AvgIpc) is 3.05. The molecular weight excluding hydrogens is 404 g/mol. The van der Waals surface area contributed by atoms with E-state index in [1.807, 2.05) is 57.4 Å². The van der Waals surface area contributed by atoms with Gasteiger partial charge in [0.15, 0.2) is 5.43 Å². The number of rotatable bonds is 8. The highest BCUT2D eigenvalue weighted by molar-refractivity contribution is 5.99. The van der Waals surface area contributed by atoms with Crippen molar-refractivity contribution in [3.05, 3.63) is 87.8 Å². The summed E-state index contributed by atoms with van der Waals surface area (Å²) in [5.74, 6) is 0.613. The molecule has 1 aromatic heterocycles. The molecule has 32 heavy (non-hydrogen) atoms. The Morgan fingerprint density at radius 2 is 1.91 bits per heavy atom. The molecular formula is C26H28N2O4. The summed E-state index contributed by atoms with van der Waals surface area (Å²) in [5.41, 5.74) is 2.53. The molecule has 0 saturated carbocycles. The van der Waals surface area contributed by atoms with E-state index < -0.39 is 6.04 Å². The smallest absolute Gasteiger partial charge is 0.290 e. The van der Waals surface area contributed by atoms with Crippen LogP contribution in [-0.2, 0) is 0 Å². The highest BCUT2D eigenvalue weighted by Crippen LogP contribution is 2.38. The zero-order valence-corrected chi connectivity index (χ0v) is 18.8. The van der Waals surface area contributed by atoms with Gasteiger partial charge in [0.25, 0.3) is 5.91 Å². The van der Waals surface area contributed by atoms with Gasteiger partial charge >= 0.3 is 0 Å². The van der Waals surface area contributed by atoms with Crippen molar-refractivity contribution in [2.24, 2.45) is 0 Å². The summed E-state index contributed by atoms with van der Waals surface area (Å²) < 4.78 is 11.6. The molecule has 1 aliphatic rings. The van der Waals surface area contributed by atoms with Gasteiger partial charge in [-0.2, -0.15) is 0 Å². The Labute approximate surface area is 187 Å². The highest BCUT2D eigenvalue weighted by atomic mass is 16.5. The number of carbonyl (C=O) groups excluding carboxylic acids is 1. The van der Waals surface area contributed by atoms with Crippen molar-refractivity contribution < 1.29 is 13.9 Å². The average molecular weight is 433 g/mol. The van der Waals surface area contributed by atoms with E-state index in [0.717, 1.165) is 24.1 Å². The summed E-state index contributed by atoms with van der Waals surface area (Å²) in [6, 6.07) is 12.5. The molecule has 4 rings (SSSR count). The van der Waals surface area contributed by atoms with E-state index in [2.05, 4.69) is 11.5 Å². The number of ether oxygens (including phenoxy) is 1. The number of hydrogen-bond donors (Lipinski definition) is 0. The molecule has 0 spiro atoms. The van der Waals surface area contributed by atoms with Crippen LogP contribution in [0.5, 0.6) is 5.75 Å². The molecule has 1 aliphatic heterocycles. The van der Waals surface area contributed by atoms with Crippen LogP contribution in [0.3, 0.4) is 0 Å². The lowest BCUT2D eigenvalue weighted by atomic mass is 9.98. The minimum Gasteiger partial charge on any atom is -0.490 e. The lowest BCUT2D eigenvalue weighted by Crippen LogP contribution is -2.32. The molecule has 0 bridgehead atoms. The standard InChI is InChI=1S/C26H28N2O4/c1-5-15-31-19-10-8-18(9-11-19)23-22-24(29)20-16-17(2)7-12-21(20)32-25(22)26(30)28(23)14-6-13-27(3)4/h5,7-12,16,23H,1,6,13-15H2,2-4H3/t23-/m0/s1. The van der Waals surface area contributed by atoms with Gasteiger partial charge in [-0.15, -0.1) is 0 Å². The molecule has 1 atom stereocenters. The molecule has 2 aromatic carbocycles. The predicted molar refractivity (Wildman–Crippen MR) is 125 cm³/mol. The fraction of sp³-hybridized carbons (Fsp3) is 0.308. The fourth-order valence-corrected chi connectivity index (χ4v) is 4.17. The van der Waals surface area contributed by atoms with Gasteiger partial charge in [-0.3, -0.25) is 9.59 Å². The van der Waals surface area contributed by atoms with E-state index in [1.54, 1.807) is 17.0 Å². The molecule has 3 aromatic rings. The molecule has 6 heteroatoms. The first-order chi connectivity index (χ1) is 15.4. The molecule has 1 amide bonds. The molecule has 0 N–H and O–H groups in total. The fourth-order valence-electron chi connectivity index (χ4n) is 4.17. The minimum atomic E-state index is -0.491. The van der Waals surface area contributed by atoms with Gasteiger partial charge in [0.2, 0.25) is 5.76 Å². The Morgan fingerprint density at radius 1 is 1.16 bits per heavy atom. The maximum absolute atomic E-state index is 13.6. The summed E-state index contributed by atoms with van der Waals surface area (Å²) in [7, 11) is 4.00. The van der Waals surface area contributed by atoms with Crippen LogP contribution >= 0.6 is 0 Å². The van der Waals surface area contributed by atoms with Crippen LogP contribution in [0.4, 0.5) is 0 Å². The Balaban J connectivity index is 1.81. The van der Waals surface area contributed by atoms with Gasteiger partial charge in [-0.25, -0.2) is 0 Å². The topological polar surface area (TPSA) is 63.0 Å². The quantitative estimate of drug-likeness (QED) is 0.500. The lowest BCUT2D eigenvalue weighted by molar-refractivity contribution is 0.0722. The van der Waals surface area contributed by atoms with Crippen LogP contribution in [0.1, 0.15) is 39.7 Å². The Bertz CT molecular complexity index is 1210. The van der Waals surface area contributed by atoms with E-state index >= 15 is 0 Å². The van der Waals surface area contributed by atoms with Crippen molar-refractivity contribution in [2.75, 3.05) is 33.8 Å². The lowest BCUT2D eigenvalue weighted by Gasteiger charge is -2.26. The van der Waals surface area contributed by atoms with Crippen LogP contribution in [0, 0.1) is 6.92 Å². The summed E-state index contributed by atoms with van der Waals surface area (Å²) in [5, 5.41) is 0.502. The molecule has 0 saturated heterocycles. The van der Waals surface area contributed by atoms with Gasteiger partial charge in [0.1, 0.15) is 17.9 Å². The molecule has 0 fully saturated rings. The second-order valence-electron chi connectivity index (χ2n) is 8.40. The Morgan fingerprint density at radius 3 is 2.59 bits per heavy atom. The van der Waals surface area contributed by atoms with Crippen LogP contribution < -0.4 is 10.2 Å². The molecule has 0 unspecified atom stereocenters. The van der Waals surface area contributed by atoms with Crippen LogP contribution in [-0.4, -0.2) is 49.5 Å². The monoisotopic (exact) mass is 432 g/mol. The number of hydrogen-bond acceptors (Lipinski definition) is 5. The van der Waals surface area contributed by atoms with Crippen LogP contribution in [0.2, 0.25) is 0 Å². The SMILES string of the molecule is C=CCOc1ccc([C@H]2c3c(oc4ccc(C)cc4c3=O)C(=O)N2CCCN(C)C)cc1. The van der Waals surface area contributed by atoms with Crippen molar-refractivity contribution in [2.45, 2.75) is 19.4 Å². The highest BCUT2D eigenvalue weighted by Gasteiger charge is 2.42. The molecule has 6 nitrogen and oxygen atoms in total. The van der Waals surface area contributed by atoms with Crippen LogP contribution in [0.15, 0.2) is 64.3 Å². The summed E-state index contributed by atoms with van der Waals surface area (Å²) >= 11 is 0. The van der Waals surface area contributed by atoms with Gasteiger partial charge in [0.05, 0.1) is 17.0 Å². The van der Waals surface area contributed by atoms with E-state index in [1.165, 1.54) is 0 Å². The van der Waals surface area contributed by atoms with Crippen molar-refractivity contribution in [3.8, 4) is 5.75 Å². The Hall–Kier alpha value is -3.38. The first kappa shape index (κ1) is 21.8. The van der Waals surface area contributed by atoms with Crippen molar-refractivity contribution in [3.63, 3.8) is 0 Å². The third-order valence-corrected chi connectivity index (χ3v) is 5.69. The summed E-state index contributed by atoms with van der Waals surface area (Å²) in [4.78, 5) is 30.8. The maximum atomic E-state index is 13.6. The second-order valence-corrected chi connectivity index (χ2v) is 8.40. The van der Waals surface area contributed by atoms with Gasteiger partial charge in [0, 0.05) is 6.54 Å². The van der Waals surface area contributed by atoms with Crippen molar-refractivity contribution in [1.29, 1.82) is 0 Å². The first-order valence-electron chi connectivity index (χ1n) is 10.8. The van der Waals surface area contributed by atoms with Gasteiger partial charge in [-0.05, 0) is 63.8 Å². The predicted octanol–water partition coefficient (Wildman–Crippen LogP) is 4.16. The van der Waals surface area contributed by atoms with Gasteiger partial charge in [-0.1, -0.05) is 36.4 Å². The third kappa shape index (κ3) is 4.06. The van der Waals surface area contributed by atoms with Crippen molar-refractivity contribution in [1.82, 2.24) is 9.80 Å². The van der Waals surface area contributed by atoms with Crippen LogP contribution in [0.25, 0.3) is 11.0 Å². The largest absolute Gasteiger partial charge is 0.490 e. The maximum Gasteiger partial charge on any atom is 0.290 e. The third-order valence-electron chi connectivity index (χ3n) is 5.69.